The molecule has 0 aliphatic rings. The minimum Gasteiger partial charge on any atom is -0.458 e. The van der Waals surface area contributed by atoms with Gasteiger partial charge in [0.05, 0.1) is 0 Å². The second-order valence-electron chi connectivity index (χ2n) is 3.70. The van der Waals surface area contributed by atoms with Gasteiger partial charge in [-0.15, -0.1) is 5.46 Å². The molecule has 6 heteroatoms. The van der Waals surface area contributed by atoms with Gasteiger partial charge in [0.25, 0.3) is 0 Å². The molecular weight excluding hydrogens is 263 g/mol. The zero-order valence-electron chi connectivity index (χ0n) is 9.12. The lowest BCUT2D eigenvalue weighted by Crippen LogP contribution is -2.33. The smallest absolute Gasteiger partial charge is 0.458 e. The van der Waals surface area contributed by atoms with E-state index in [1.165, 1.54) is 12.1 Å². The third kappa shape index (κ3) is 3.20. The van der Waals surface area contributed by atoms with E-state index < -0.39 is 12.4 Å². The van der Waals surface area contributed by atoms with Crippen molar-refractivity contribution in [2.75, 3.05) is 0 Å². The predicted octanol–water partition coefficient (Wildman–Crippen LogP) is 4.19. The largest absolute Gasteiger partial charge is 0.509 e. The third-order valence-corrected chi connectivity index (χ3v) is 2.54. The molecule has 1 nitrogen and oxygen atoms in total. The maximum atomic E-state index is 12.5. The molecule has 0 atom stereocenters. The molecule has 0 heterocycles. The van der Waals surface area contributed by atoms with Crippen LogP contribution in [0.5, 0.6) is 11.5 Å². The van der Waals surface area contributed by atoms with E-state index in [0.29, 0.717) is 10.8 Å². The van der Waals surface area contributed by atoms with Crippen molar-refractivity contribution in [2.24, 2.45) is 0 Å². The van der Waals surface area contributed by atoms with Crippen LogP contribution in [0.4, 0.5) is 12.9 Å². The summed E-state index contributed by atoms with van der Waals surface area (Å²) in [5.41, 5.74) is -0.679. The standard InChI is InChI=1S/C12H8BClF3O/c14-10-4-6-11(7-5-10)18-12-3-1-2-9(8-12)13(15,16)17/h1-8H/q-1. The maximum Gasteiger partial charge on any atom is 0.509 e. The van der Waals surface area contributed by atoms with Crippen LogP contribution in [0.15, 0.2) is 48.5 Å². The lowest BCUT2D eigenvalue weighted by Gasteiger charge is -2.15. The molecule has 2 aromatic carbocycles. The third-order valence-electron chi connectivity index (χ3n) is 2.29. The summed E-state index contributed by atoms with van der Waals surface area (Å²) in [4.78, 5) is 0. The van der Waals surface area contributed by atoms with Crippen molar-refractivity contribution >= 4 is 24.0 Å². The first-order chi connectivity index (χ1) is 8.45. The Kier molecular flexibility index (Phi) is 3.52. The molecule has 0 aliphatic heterocycles. The van der Waals surface area contributed by atoms with E-state index in [-0.39, 0.29) is 5.75 Å². The molecule has 0 radical (unpaired) electrons. The van der Waals surface area contributed by atoms with Crippen LogP contribution in [0.2, 0.25) is 5.02 Å². The van der Waals surface area contributed by atoms with Gasteiger partial charge in [0.15, 0.2) is 0 Å². The fourth-order valence-corrected chi connectivity index (χ4v) is 1.55. The summed E-state index contributed by atoms with van der Waals surface area (Å²) in [7, 11) is 0. The van der Waals surface area contributed by atoms with Crippen molar-refractivity contribution in [1.29, 1.82) is 0 Å². The van der Waals surface area contributed by atoms with Gasteiger partial charge in [-0.3, -0.25) is 0 Å². The number of hydrogen-bond acceptors (Lipinski definition) is 1. The van der Waals surface area contributed by atoms with Crippen LogP contribution >= 0.6 is 11.6 Å². The van der Waals surface area contributed by atoms with Gasteiger partial charge < -0.3 is 17.7 Å². The van der Waals surface area contributed by atoms with E-state index in [1.54, 1.807) is 24.3 Å². The molecule has 0 N–H and O–H groups in total. The van der Waals surface area contributed by atoms with Crippen LogP contribution in [0.25, 0.3) is 0 Å². The Morgan fingerprint density at radius 1 is 0.889 bits per heavy atom. The Balaban J connectivity index is 2.22. The van der Waals surface area contributed by atoms with Crippen molar-refractivity contribution in [1.82, 2.24) is 0 Å². The van der Waals surface area contributed by atoms with Gasteiger partial charge in [0.2, 0.25) is 0 Å². The summed E-state index contributed by atoms with van der Waals surface area (Å²) in [6.07, 6.45) is 0. The van der Waals surface area contributed by atoms with Crippen LogP contribution in [-0.2, 0) is 0 Å². The van der Waals surface area contributed by atoms with Crippen LogP contribution < -0.4 is 10.2 Å². The minimum atomic E-state index is -5.01. The fraction of sp³-hybridized carbons (Fsp3) is 0. The Morgan fingerprint density at radius 3 is 2.17 bits per heavy atom. The molecule has 18 heavy (non-hydrogen) atoms. The Labute approximate surface area is 107 Å². The summed E-state index contributed by atoms with van der Waals surface area (Å²) in [5, 5.41) is 0.537. The molecule has 2 rings (SSSR count). The van der Waals surface area contributed by atoms with Gasteiger partial charge in [-0.1, -0.05) is 23.7 Å². The number of halogens is 4. The van der Waals surface area contributed by atoms with Gasteiger partial charge in [0.1, 0.15) is 11.5 Å². The highest BCUT2D eigenvalue weighted by atomic mass is 35.5. The number of ether oxygens (including phenoxy) is 1. The van der Waals surface area contributed by atoms with Crippen molar-refractivity contribution in [3.05, 3.63) is 53.6 Å². The molecule has 0 aromatic heterocycles. The maximum absolute atomic E-state index is 12.5. The average molecular weight is 271 g/mol. The molecule has 0 bridgehead atoms. The molecule has 0 saturated carbocycles. The van der Waals surface area contributed by atoms with E-state index >= 15 is 0 Å². The van der Waals surface area contributed by atoms with Gasteiger partial charge in [-0.25, -0.2) is 0 Å². The Morgan fingerprint density at radius 2 is 1.56 bits per heavy atom. The summed E-state index contributed by atoms with van der Waals surface area (Å²) in [5.74, 6) is 0.584. The lowest BCUT2D eigenvalue weighted by atomic mass is 9.80. The SMILES string of the molecule is F[B-](F)(F)c1cccc(Oc2ccc(Cl)cc2)c1. The molecule has 0 saturated heterocycles. The van der Waals surface area contributed by atoms with Crippen LogP contribution in [0, 0.1) is 0 Å². The molecule has 2 aromatic rings. The molecule has 0 fully saturated rings. The van der Waals surface area contributed by atoms with Gasteiger partial charge >= 0.3 is 6.98 Å². The quantitative estimate of drug-likeness (QED) is 0.761. The number of hydrogen-bond donors (Lipinski definition) is 0. The molecule has 94 valence electrons. The van der Waals surface area contributed by atoms with Crippen LogP contribution in [-0.4, -0.2) is 6.98 Å². The Hall–Kier alpha value is -1.62. The fourth-order valence-electron chi connectivity index (χ4n) is 1.42. The van der Waals surface area contributed by atoms with E-state index in [9.17, 15) is 12.9 Å². The van der Waals surface area contributed by atoms with Gasteiger partial charge in [-0.2, -0.15) is 0 Å². The zero-order valence-corrected chi connectivity index (χ0v) is 9.87. The minimum absolute atomic E-state index is 0.147. The van der Waals surface area contributed by atoms with Gasteiger partial charge in [-0.05, 0) is 36.4 Å². The highest BCUT2D eigenvalue weighted by Crippen LogP contribution is 2.23. The average Bonchev–Trinajstić information content (AvgIpc) is 2.31. The monoisotopic (exact) mass is 271 g/mol. The van der Waals surface area contributed by atoms with E-state index in [4.69, 9.17) is 16.3 Å². The molecule has 0 spiro atoms. The molecular formula is C12H8BClF3O-. The number of rotatable bonds is 3. The summed E-state index contributed by atoms with van der Waals surface area (Å²) < 4.78 is 43.0. The molecule has 0 aliphatic carbocycles. The van der Waals surface area contributed by atoms with Crippen molar-refractivity contribution in [3.63, 3.8) is 0 Å². The second-order valence-corrected chi connectivity index (χ2v) is 4.14. The first-order valence-corrected chi connectivity index (χ1v) is 5.56. The van der Waals surface area contributed by atoms with E-state index in [1.807, 2.05) is 0 Å². The highest BCUT2D eigenvalue weighted by Gasteiger charge is 2.25. The Bertz CT molecular complexity index is 540. The second kappa shape index (κ2) is 4.94. The topological polar surface area (TPSA) is 9.23 Å². The summed E-state index contributed by atoms with van der Waals surface area (Å²) in [6, 6.07) is 11.2. The van der Waals surface area contributed by atoms with Gasteiger partial charge in [0, 0.05) is 5.02 Å². The van der Waals surface area contributed by atoms with E-state index in [2.05, 4.69) is 0 Å². The van der Waals surface area contributed by atoms with Crippen molar-refractivity contribution in [3.8, 4) is 11.5 Å². The van der Waals surface area contributed by atoms with Crippen molar-refractivity contribution in [2.45, 2.75) is 0 Å². The zero-order chi connectivity index (χ0) is 13.2. The van der Waals surface area contributed by atoms with E-state index in [0.717, 1.165) is 12.1 Å². The van der Waals surface area contributed by atoms with Crippen LogP contribution in [0.3, 0.4) is 0 Å². The highest BCUT2D eigenvalue weighted by molar-refractivity contribution is 6.73. The number of benzene rings is 2. The lowest BCUT2D eigenvalue weighted by molar-refractivity contribution is 0.479. The van der Waals surface area contributed by atoms with Crippen LogP contribution in [0.1, 0.15) is 0 Å². The molecule has 0 amide bonds. The first kappa shape index (κ1) is 12.8. The normalized spacial score (nSPS) is 11.3. The summed E-state index contributed by atoms with van der Waals surface area (Å²) >= 11 is 5.70. The predicted molar refractivity (Wildman–Crippen MR) is 66.7 cm³/mol. The van der Waals surface area contributed by atoms with Crippen molar-refractivity contribution < 1.29 is 17.7 Å². The summed E-state index contributed by atoms with van der Waals surface area (Å²) in [6.45, 7) is -5.01. The molecule has 0 unspecified atom stereocenters. The first-order valence-electron chi connectivity index (χ1n) is 5.18.